The van der Waals surface area contributed by atoms with Crippen LogP contribution in [0.15, 0.2) is 60.7 Å². The molecule has 0 amide bonds. The molecule has 0 aliphatic carbocycles. The molecule has 4 aromatic rings. The Labute approximate surface area is 185 Å². The van der Waals surface area contributed by atoms with Crippen LogP contribution in [0, 0.1) is 0 Å². The van der Waals surface area contributed by atoms with E-state index in [4.69, 9.17) is 25.2 Å². The average molecular weight is 428 g/mol. The van der Waals surface area contributed by atoms with E-state index in [0.717, 1.165) is 34.2 Å². The normalized spacial score (nSPS) is 13.3. The molecule has 1 atom stereocenters. The van der Waals surface area contributed by atoms with Crippen LogP contribution in [0.3, 0.4) is 0 Å². The summed E-state index contributed by atoms with van der Waals surface area (Å²) in [6, 6.07) is 19.0. The van der Waals surface area contributed by atoms with Gasteiger partial charge in [-0.1, -0.05) is 31.2 Å². The van der Waals surface area contributed by atoms with Crippen LogP contribution in [0.5, 0.6) is 17.2 Å². The molecule has 0 fully saturated rings. The lowest BCUT2D eigenvalue weighted by Gasteiger charge is -2.15. The van der Waals surface area contributed by atoms with Crippen molar-refractivity contribution in [2.24, 2.45) is 5.73 Å². The molecule has 7 heteroatoms. The molecular formula is C25H24N4O3. The van der Waals surface area contributed by atoms with E-state index in [1.54, 1.807) is 6.07 Å². The molecule has 0 spiro atoms. The second-order valence-corrected chi connectivity index (χ2v) is 7.76. The maximum atomic E-state index is 10.6. The number of phenolic OH excluding ortho intramolecular Hbond substituents is 1. The van der Waals surface area contributed by atoms with Crippen LogP contribution in [-0.2, 0) is 0 Å². The van der Waals surface area contributed by atoms with Crippen LogP contribution < -0.4 is 20.5 Å². The van der Waals surface area contributed by atoms with E-state index in [0.29, 0.717) is 29.5 Å². The fourth-order valence-corrected chi connectivity index (χ4v) is 3.67. The van der Waals surface area contributed by atoms with E-state index >= 15 is 0 Å². The summed E-state index contributed by atoms with van der Waals surface area (Å²) < 4.78 is 10.9. The minimum atomic E-state index is 0.0231. The number of benzene rings is 3. The summed E-state index contributed by atoms with van der Waals surface area (Å²) in [5.41, 5.74) is 9.30. The van der Waals surface area contributed by atoms with E-state index < -0.39 is 0 Å². The van der Waals surface area contributed by atoms with Crippen LogP contribution in [0.25, 0.3) is 33.4 Å². The number of rotatable bonds is 6. The highest BCUT2D eigenvalue weighted by Gasteiger charge is 2.17. The molecule has 0 unspecified atom stereocenters. The highest BCUT2D eigenvalue weighted by molar-refractivity contribution is 5.91. The van der Waals surface area contributed by atoms with Gasteiger partial charge in [0.2, 0.25) is 6.79 Å². The van der Waals surface area contributed by atoms with Crippen molar-refractivity contribution in [3.63, 3.8) is 0 Å². The number of fused-ring (bicyclic) bond motifs is 2. The van der Waals surface area contributed by atoms with Gasteiger partial charge in [0.25, 0.3) is 0 Å². The maximum Gasteiger partial charge on any atom is 0.231 e. The molecule has 0 bridgehead atoms. The van der Waals surface area contributed by atoms with Gasteiger partial charge in [0.15, 0.2) is 17.3 Å². The lowest BCUT2D eigenvalue weighted by Crippen LogP contribution is -2.28. The zero-order chi connectivity index (χ0) is 22.1. The Hall–Kier alpha value is -3.84. The van der Waals surface area contributed by atoms with Crippen molar-refractivity contribution in [2.75, 3.05) is 18.7 Å². The largest absolute Gasteiger partial charge is 0.507 e. The summed E-state index contributed by atoms with van der Waals surface area (Å²) in [5, 5.41) is 14.9. The molecule has 1 aromatic heterocycles. The van der Waals surface area contributed by atoms with Crippen molar-refractivity contribution >= 4 is 16.7 Å². The summed E-state index contributed by atoms with van der Waals surface area (Å²) in [6.45, 7) is 2.87. The molecule has 1 aliphatic rings. The minimum Gasteiger partial charge on any atom is -0.507 e. The summed E-state index contributed by atoms with van der Waals surface area (Å²) in [5.74, 6) is 2.68. The molecule has 0 saturated carbocycles. The van der Waals surface area contributed by atoms with Gasteiger partial charge in [0.05, 0.1) is 11.1 Å². The molecular weight excluding hydrogens is 404 g/mol. The van der Waals surface area contributed by atoms with Crippen molar-refractivity contribution in [2.45, 2.75) is 19.4 Å². The van der Waals surface area contributed by atoms with E-state index in [9.17, 15) is 5.11 Å². The van der Waals surface area contributed by atoms with Crippen LogP contribution in [0.1, 0.15) is 13.3 Å². The predicted octanol–water partition coefficient (Wildman–Crippen LogP) is 4.55. The Morgan fingerprint density at radius 2 is 1.78 bits per heavy atom. The second kappa shape index (κ2) is 8.36. The van der Waals surface area contributed by atoms with E-state index in [1.165, 1.54) is 0 Å². The van der Waals surface area contributed by atoms with E-state index in [-0.39, 0.29) is 18.6 Å². The third-order valence-corrected chi connectivity index (χ3v) is 5.60. The molecule has 7 nitrogen and oxygen atoms in total. The number of para-hydroxylation sites is 1. The SMILES string of the molecule is CC[C@@H](N)CNc1nc(-c2cc(-c3ccc4c(c3)OCO4)ccc2O)nc2ccccc12. The van der Waals surface area contributed by atoms with Crippen molar-refractivity contribution < 1.29 is 14.6 Å². The van der Waals surface area contributed by atoms with Gasteiger partial charge >= 0.3 is 0 Å². The summed E-state index contributed by atoms with van der Waals surface area (Å²) in [4.78, 5) is 9.47. The second-order valence-electron chi connectivity index (χ2n) is 7.76. The van der Waals surface area contributed by atoms with Gasteiger partial charge in [-0.2, -0.15) is 0 Å². The number of hydrogen-bond donors (Lipinski definition) is 3. The maximum absolute atomic E-state index is 10.6. The van der Waals surface area contributed by atoms with Crippen molar-refractivity contribution in [3.8, 4) is 39.8 Å². The Bertz CT molecular complexity index is 1290. The average Bonchev–Trinajstić information content (AvgIpc) is 3.30. The fourth-order valence-electron chi connectivity index (χ4n) is 3.67. The number of aromatic nitrogens is 2. The van der Waals surface area contributed by atoms with Gasteiger partial charge in [-0.15, -0.1) is 0 Å². The van der Waals surface area contributed by atoms with Crippen molar-refractivity contribution in [1.29, 1.82) is 0 Å². The highest BCUT2D eigenvalue weighted by atomic mass is 16.7. The number of hydrogen-bond acceptors (Lipinski definition) is 7. The summed E-state index contributed by atoms with van der Waals surface area (Å²) >= 11 is 0. The smallest absolute Gasteiger partial charge is 0.231 e. The summed E-state index contributed by atoms with van der Waals surface area (Å²) in [7, 11) is 0. The quantitative estimate of drug-likeness (QED) is 0.414. The van der Waals surface area contributed by atoms with E-state index in [1.807, 2.05) is 54.6 Å². The van der Waals surface area contributed by atoms with Gasteiger partial charge in [-0.05, 0) is 53.9 Å². The number of nitrogens with zero attached hydrogens (tertiary/aromatic N) is 2. The number of nitrogens with two attached hydrogens (primary N) is 1. The third kappa shape index (κ3) is 3.78. The standard InChI is InChI=1S/C25H24N4O3/c1-2-17(26)13-27-24-18-5-3-4-6-20(18)28-25(29-24)19-11-15(7-9-21(19)30)16-8-10-22-23(12-16)32-14-31-22/h3-12,17,30H,2,13-14,26H2,1H3,(H,27,28,29)/t17-/m1/s1. The van der Waals surface area contributed by atoms with Crippen molar-refractivity contribution in [1.82, 2.24) is 9.97 Å². The van der Waals surface area contributed by atoms with Crippen LogP contribution >= 0.6 is 0 Å². The zero-order valence-corrected chi connectivity index (χ0v) is 17.7. The predicted molar refractivity (Wildman–Crippen MR) is 125 cm³/mol. The number of ether oxygens (including phenoxy) is 2. The van der Waals surface area contributed by atoms with Crippen LogP contribution in [-0.4, -0.2) is 34.5 Å². The van der Waals surface area contributed by atoms with Gasteiger partial charge in [-0.3, -0.25) is 0 Å². The number of phenols is 1. The van der Waals surface area contributed by atoms with Crippen LogP contribution in [0.2, 0.25) is 0 Å². The van der Waals surface area contributed by atoms with Crippen molar-refractivity contribution in [3.05, 3.63) is 60.7 Å². The zero-order valence-electron chi connectivity index (χ0n) is 17.7. The Morgan fingerprint density at radius 1 is 1.00 bits per heavy atom. The fraction of sp³-hybridized carbons (Fsp3) is 0.200. The van der Waals surface area contributed by atoms with Gasteiger partial charge < -0.3 is 25.6 Å². The number of nitrogens with one attached hydrogen (secondary N) is 1. The molecule has 4 N–H and O–H groups in total. The van der Waals surface area contributed by atoms with Gasteiger partial charge in [0.1, 0.15) is 11.6 Å². The molecule has 0 radical (unpaired) electrons. The third-order valence-electron chi connectivity index (χ3n) is 5.60. The van der Waals surface area contributed by atoms with E-state index in [2.05, 4.69) is 12.2 Å². The Morgan fingerprint density at radius 3 is 2.66 bits per heavy atom. The molecule has 1 aliphatic heterocycles. The molecule has 5 rings (SSSR count). The number of anilines is 1. The first-order chi connectivity index (χ1) is 15.6. The molecule has 162 valence electrons. The first-order valence-corrected chi connectivity index (χ1v) is 10.6. The van der Waals surface area contributed by atoms with Crippen LogP contribution in [0.4, 0.5) is 5.82 Å². The molecule has 0 saturated heterocycles. The lowest BCUT2D eigenvalue weighted by molar-refractivity contribution is 0.174. The summed E-state index contributed by atoms with van der Waals surface area (Å²) in [6.07, 6.45) is 0.862. The molecule has 2 heterocycles. The monoisotopic (exact) mass is 428 g/mol. The first-order valence-electron chi connectivity index (χ1n) is 10.6. The Balaban J connectivity index is 1.58. The molecule has 3 aromatic carbocycles. The topological polar surface area (TPSA) is 103 Å². The van der Waals surface area contributed by atoms with Gasteiger partial charge in [-0.25, -0.2) is 9.97 Å². The molecule has 32 heavy (non-hydrogen) atoms. The number of aromatic hydroxyl groups is 1. The highest BCUT2D eigenvalue weighted by Crippen LogP contribution is 2.38. The lowest BCUT2D eigenvalue weighted by atomic mass is 10.0. The minimum absolute atomic E-state index is 0.0231. The first kappa shape index (κ1) is 20.1. The Kier molecular flexibility index (Phi) is 5.25. The van der Waals surface area contributed by atoms with Gasteiger partial charge in [0, 0.05) is 18.0 Å².